The number of amides is 1. The zero-order valence-electron chi connectivity index (χ0n) is 13.8. The van der Waals surface area contributed by atoms with E-state index in [2.05, 4.69) is 20.4 Å². The first-order valence-corrected chi connectivity index (χ1v) is 7.67. The minimum absolute atomic E-state index is 0.0241. The van der Waals surface area contributed by atoms with Gasteiger partial charge in [-0.15, -0.1) is 0 Å². The first-order valence-electron chi connectivity index (χ1n) is 7.67. The van der Waals surface area contributed by atoms with Gasteiger partial charge in [-0.1, -0.05) is 0 Å². The third kappa shape index (κ3) is 6.80. The van der Waals surface area contributed by atoms with Gasteiger partial charge in [0.05, 0.1) is 10.5 Å². The van der Waals surface area contributed by atoms with E-state index >= 15 is 0 Å². The Morgan fingerprint density at radius 3 is 2.41 bits per heavy atom. The Labute approximate surface area is 151 Å². The first kappa shape index (κ1) is 19.9. The van der Waals surface area contributed by atoms with Gasteiger partial charge in [0.1, 0.15) is 0 Å². The van der Waals surface area contributed by atoms with Crippen LogP contribution in [0.1, 0.15) is 10.4 Å². The van der Waals surface area contributed by atoms with Crippen molar-refractivity contribution in [3.05, 3.63) is 58.3 Å². The van der Waals surface area contributed by atoms with Gasteiger partial charge >= 0.3 is 6.18 Å². The summed E-state index contributed by atoms with van der Waals surface area (Å²) in [6, 6.07) is 8.28. The number of nitro groups is 1. The van der Waals surface area contributed by atoms with Crippen LogP contribution in [0.25, 0.3) is 0 Å². The number of nitrogens with one attached hydrogen (secondary N) is 2. The second-order valence-corrected chi connectivity index (χ2v) is 5.28. The highest BCUT2D eigenvalue weighted by Crippen LogP contribution is 2.17. The molecule has 0 bridgehead atoms. The van der Waals surface area contributed by atoms with Crippen molar-refractivity contribution >= 4 is 17.3 Å². The zero-order valence-corrected chi connectivity index (χ0v) is 13.8. The molecular weight excluding hydrogens is 369 g/mol. The molecule has 0 unspecified atom stereocenters. The molecule has 0 spiro atoms. The molecule has 144 valence electrons. The first-order chi connectivity index (χ1) is 12.7. The number of nitro benzene ring substituents is 1. The maximum Gasteiger partial charge on any atom is 0.422 e. The number of carbonyl (C=O) groups is 1. The second kappa shape index (κ2) is 8.83. The highest BCUT2D eigenvalue weighted by molar-refractivity contribution is 5.93. The summed E-state index contributed by atoms with van der Waals surface area (Å²) in [4.78, 5) is 25.6. The summed E-state index contributed by atoms with van der Waals surface area (Å²) in [5.41, 5.74) is 0.802. The van der Waals surface area contributed by atoms with Crippen LogP contribution in [-0.2, 0) is 0 Å². The van der Waals surface area contributed by atoms with Gasteiger partial charge in [-0.05, 0) is 18.2 Å². The molecule has 1 aromatic heterocycles. The molecule has 1 aromatic carbocycles. The average Bonchev–Trinajstić information content (AvgIpc) is 2.63. The van der Waals surface area contributed by atoms with Crippen LogP contribution in [0, 0.1) is 10.1 Å². The zero-order chi connectivity index (χ0) is 19.9. The Morgan fingerprint density at radius 1 is 1.15 bits per heavy atom. The average molecular weight is 384 g/mol. The third-order valence-corrected chi connectivity index (χ3v) is 3.20. The summed E-state index contributed by atoms with van der Waals surface area (Å²) in [6.45, 7) is -0.842. The molecule has 0 aliphatic heterocycles. The van der Waals surface area contributed by atoms with Crippen LogP contribution in [0.4, 0.5) is 24.5 Å². The van der Waals surface area contributed by atoms with Crippen LogP contribution >= 0.6 is 0 Å². The molecule has 0 atom stereocenters. The summed E-state index contributed by atoms with van der Waals surface area (Å²) >= 11 is 0. The van der Waals surface area contributed by atoms with E-state index in [0.717, 1.165) is 6.20 Å². The van der Waals surface area contributed by atoms with Crippen LogP contribution in [-0.4, -0.2) is 41.7 Å². The van der Waals surface area contributed by atoms with Crippen molar-refractivity contribution in [2.24, 2.45) is 0 Å². The van der Waals surface area contributed by atoms with Gasteiger partial charge in [0, 0.05) is 43.2 Å². The maximum atomic E-state index is 12.0. The quantitative estimate of drug-likeness (QED) is 0.412. The lowest BCUT2D eigenvalue weighted by molar-refractivity contribution is -0.384. The van der Waals surface area contributed by atoms with E-state index in [0.29, 0.717) is 12.2 Å². The highest BCUT2D eigenvalue weighted by atomic mass is 19.4. The lowest BCUT2D eigenvalue weighted by Crippen LogP contribution is -2.28. The Bertz CT molecular complexity index is 780. The van der Waals surface area contributed by atoms with Crippen molar-refractivity contribution in [1.82, 2.24) is 10.3 Å². The minimum Gasteiger partial charge on any atom is -0.468 e. The number of ether oxygens (including phenoxy) is 1. The lowest BCUT2D eigenvalue weighted by Gasteiger charge is -2.09. The van der Waals surface area contributed by atoms with Crippen molar-refractivity contribution in [3.8, 4) is 5.88 Å². The Morgan fingerprint density at radius 2 is 1.85 bits per heavy atom. The molecule has 0 aliphatic rings. The number of halogens is 3. The number of nitrogens with zero attached hydrogens (tertiary/aromatic N) is 2. The van der Waals surface area contributed by atoms with Gasteiger partial charge in [-0.25, -0.2) is 4.98 Å². The smallest absolute Gasteiger partial charge is 0.422 e. The fraction of sp³-hybridized carbons (Fsp3) is 0.250. The van der Waals surface area contributed by atoms with Crippen LogP contribution in [0.15, 0.2) is 42.6 Å². The Kier molecular flexibility index (Phi) is 6.52. The highest BCUT2D eigenvalue weighted by Gasteiger charge is 2.28. The number of benzene rings is 1. The van der Waals surface area contributed by atoms with E-state index in [-0.39, 0.29) is 23.7 Å². The maximum absolute atomic E-state index is 12.0. The van der Waals surface area contributed by atoms with Crippen LogP contribution < -0.4 is 15.4 Å². The molecule has 1 amide bonds. The van der Waals surface area contributed by atoms with Gasteiger partial charge in [0.25, 0.3) is 11.6 Å². The van der Waals surface area contributed by atoms with E-state index in [1.807, 2.05) is 0 Å². The number of aromatic nitrogens is 1. The SMILES string of the molecule is O=C(NCCNc1ccc([N+](=O)[O-])cc1)c1ccc(OCC(F)(F)F)nc1. The van der Waals surface area contributed by atoms with Crippen LogP contribution in [0.2, 0.25) is 0 Å². The molecule has 1 heterocycles. The molecule has 0 radical (unpaired) electrons. The minimum atomic E-state index is -4.46. The van der Waals surface area contributed by atoms with E-state index in [4.69, 9.17) is 0 Å². The predicted octanol–water partition coefficient (Wildman–Crippen LogP) is 2.77. The van der Waals surface area contributed by atoms with Crippen molar-refractivity contribution < 1.29 is 27.6 Å². The van der Waals surface area contributed by atoms with Gasteiger partial charge in [0.2, 0.25) is 5.88 Å². The summed E-state index contributed by atoms with van der Waals surface area (Å²) in [7, 11) is 0. The van der Waals surface area contributed by atoms with Crippen LogP contribution in [0.3, 0.4) is 0 Å². The van der Waals surface area contributed by atoms with Crippen molar-refractivity contribution in [1.29, 1.82) is 0 Å². The normalized spacial score (nSPS) is 10.9. The topological polar surface area (TPSA) is 106 Å². The fourth-order valence-electron chi connectivity index (χ4n) is 1.94. The standard InChI is InChI=1S/C16H15F3N4O4/c17-16(18,19)10-27-14-6-1-11(9-22-14)15(24)21-8-7-20-12-2-4-13(5-3-12)23(25)26/h1-6,9,20H,7-8,10H2,(H,21,24). The molecule has 27 heavy (non-hydrogen) atoms. The molecule has 8 nitrogen and oxygen atoms in total. The van der Waals surface area contributed by atoms with Crippen molar-refractivity contribution in [2.45, 2.75) is 6.18 Å². The summed E-state index contributed by atoms with van der Waals surface area (Å²) < 4.78 is 40.6. The number of carbonyl (C=O) groups excluding carboxylic acids is 1. The number of alkyl halides is 3. The molecular formula is C16H15F3N4O4. The number of anilines is 1. The number of pyridine rings is 1. The van der Waals surface area contributed by atoms with Gasteiger partial charge in [-0.3, -0.25) is 14.9 Å². The summed E-state index contributed by atoms with van der Waals surface area (Å²) in [5.74, 6) is -0.681. The Hall–Kier alpha value is -3.37. The molecule has 0 saturated carbocycles. The largest absolute Gasteiger partial charge is 0.468 e. The van der Waals surface area contributed by atoms with Crippen molar-refractivity contribution in [2.75, 3.05) is 25.0 Å². The van der Waals surface area contributed by atoms with E-state index in [9.17, 15) is 28.1 Å². The molecule has 0 fully saturated rings. The number of hydrogen-bond acceptors (Lipinski definition) is 6. The lowest BCUT2D eigenvalue weighted by atomic mass is 10.2. The van der Waals surface area contributed by atoms with E-state index in [1.54, 1.807) is 12.1 Å². The van der Waals surface area contributed by atoms with E-state index < -0.39 is 23.6 Å². The molecule has 2 aromatic rings. The molecule has 2 N–H and O–H groups in total. The number of non-ortho nitro benzene ring substituents is 1. The third-order valence-electron chi connectivity index (χ3n) is 3.20. The van der Waals surface area contributed by atoms with Crippen molar-refractivity contribution in [3.63, 3.8) is 0 Å². The predicted molar refractivity (Wildman–Crippen MR) is 89.7 cm³/mol. The van der Waals surface area contributed by atoms with Crippen LogP contribution in [0.5, 0.6) is 5.88 Å². The summed E-state index contributed by atoms with van der Waals surface area (Å²) in [5, 5.41) is 16.1. The molecule has 0 aliphatic carbocycles. The van der Waals surface area contributed by atoms with E-state index in [1.165, 1.54) is 24.3 Å². The fourth-order valence-corrected chi connectivity index (χ4v) is 1.94. The molecule has 2 rings (SSSR count). The monoisotopic (exact) mass is 384 g/mol. The summed E-state index contributed by atoms with van der Waals surface area (Å²) in [6.07, 6.45) is -3.35. The second-order valence-electron chi connectivity index (χ2n) is 5.28. The van der Waals surface area contributed by atoms with Gasteiger partial charge < -0.3 is 15.4 Å². The molecule has 0 saturated heterocycles. The Balaban J connectivity index is 1.74. The number of hydrogen-bond donors (Lipinski definition) is 2. The van der Waals surface area contributed by atoms with Gasteiger partial charge in [-0.2, -0.15) is 13.2 Å². The van der Waals surface area contributed by atoms with Gasteiger partial charge in [0.15, 0.2) is 6.61 Å². The molecule has 11 heteroatoms. The number of rotatable bonds is 8.